The summed E-state index contributed by atoms with van der Waals surface area (Å²) >= 11 is 3.42. The molecule has 0 spiro atoms. The van der Waals surface area contributed by atoms with Gasteiger partial charge < -0.3 is 0 Å². The Kier molecular flexibility index (Phi) is 3.90. The van der Waals surface area contributed by atoms with Crippen LogP contribution in [0, 0.1) is 13.8 Å². The van der Waals surface area contributed by atoms with Gasteiger partial charge in [0.05, 0.1) is 10.7 Å². The molecule has 3 nitrogen and oxygen atoms in total. The number of hydrogen-bond donors (Lipinski definition) is 0. The molecule has 19 heavy (non-hydrogen) atoms. The van der Waals surface area contributed by atoms with Crippen LogP contribution in [0.3, 0.4) is 0 Å². The first kappa shape index (κ1) is 14.0. The van der Waals surface area contributed by atoms with Crippen molar-refractivity contribution < 1.29 is 4.79 Å². The van der Waals surface area contributed by atoms with Gasteiger partial charge >= 0.3 is 0 Å². The highest BCUT2D eigenvalue weighted by atomic mass is 79.9. The average Bonchev–Trinajstić information content (AvgIpc) is 2.74. The van der Waals surface area contributed by atoms with Crippen molar-refractivity contribution in [3.63, 3.8) is 0 Å². The number of nitrogens with zero attached hydrogens (tertiary/aromatic N) is 2. The molecule has 0 fully saturated rings. The lowest BCUT2D eigenvalue weighted by Crippen LogP contribution is -2.15. The molecule has 100 valence electrons. The van der Waals surface area contributed by atoms with Crippen LogP contribution in [0.4, 0.5) is 0 Å². The summed E-state index contributed by atoms with van der Waals surface area (Å²) in [5.74, 6) is 0.0132. The molecule has 0 amide bonds. The van der Waals surface area contributed by atoms with Crippen LogP contribution in [0.1, 0.15) is 47.1 Å². The van der Waals surface area contributed by atoms with Crippen LogP contribution < -0.4 is 0 Å². The fourth-order valence-corrected chi connectivity index (χ4v) is 2.52. The summed E-state index contributed by atoms with van der Waals surface area (Å²) in [6, 6.07) is 5.95. The van der Waals surface area contributed by atoms with Gasteiger partial charge in [0.2, 0.25) is 5.78 Å². The maximum absolute atomic E-state index is 12.7. The summed E-state index contributed by atoms with van der Waals surface area (Å²) in [6.45, 7) is 8.02. The molecule has 0 aliphatic rings. The van der Waals surface area contributed by atoms with Crippen molar-refractivity contribution in [1.29, 1.82) is 0 Å². The number of benzene rings is 1. The van der Waals surface area contributed by atoms with Crippen molar-refractivity contribution in [2.24, 2.45) is 0 Å². The molecule has 0 aliphatic carbocycles. The second-order valence-electron chi connectivity index (χ2n) is 4.96. The van der Waals surface area contributed by atoms with E-state index in [0.29, 0.717) is 5.69 Å². The Morgan fingerprint density at radius 1 is 1.32 bits per heavy atom. The third-order valence-electron chi connectivity index (χ3n) is 3.30. The summed E-state index contributed by atoms with van der Waals surface area (Å²) in [6.07, 6.45) is 1.68. The molecule has 1 heterocycles. The molecule has 2 aromatic rings. The fraction of sp³-hybridized carbons (Fsp3) is 0.333. The van der Waals surface area contributed by atoms with Crippen molar-refractivity contribution in [3.8, 4) is 0 Å². The molecular weight excluding hydrogens is 304 g/mol. The monoisotopic (exact) mass is 320 g/mol. The summed E-state index contributed by atoms with van der Waals surface area (Å²) < 4.78 is 2.50. The van der Waals surface area contributed by atoms with Crippen LogP contribution >= 0.6 is 15.9 Å². The van der Waals surface area contributed by atoms with Crippen LogP contribution in [0.2, 0.25) is 0 Å². The highest BCUT2D eigenvalue weighted by Gasteiger charge is 2.21. The Labute approximate surface area is 121 Å². The number of hydrogen-bond acceptors (Lipinski definition) is 2. The summed E-state index contributed by atoms with van der Waals surface area (Å²) in [5, 5.41) is 4.26. The fourth-order valence-electron chi connectivity index (χ4n) is 2.07. The maximum atomic E-state index is 12.7. The van der Waals surface area contributed by atoms with E-state index in [4.69, 9.17) is 0 Å². The van der Waals surface area contributed by atoms with Gasteiger partial charge in [0.1, 0.15) is 5.69 Å². The summed E-state index contributed by atoms with van der Waals surface area (Å²) in [4.78, 5) is 12.7. The molecule has 0 N–H and O–H groups in total. The second kappa shape index (κ2) is 5.29. The minimum atomic E-state index is 0.0132. The number of aromatic nitrogens is 2. The van der Waals surface area contributed by atoms with Crippen LogP contribution in [0.25, 0.3) is 0 Å². The molecule has 0 bridgehead atoms. The van der Waals surface area contributed by atoms with Gasteiger partial charge in [0.25, 0.3) is 0 Å². The van der Waals surface area contributed by atoms with Gasteiger partial charge in [-0.2, -0.15) is 5.10 Å². The summed E-state index contributed by atoms with van der Waals surface area (Å²) in [5.41, 5.74) is 3.50. The zero-order valence-electron chi connectivity index (χ0n) is 11.6. The van der Waals surface area contributed by atoms with E-state index in [1.165, 1.54) is 0 Å². The van der Waals surface area contributed by atoms with Crippen molar-refractivity contribution >= 4 is 21.7 Å². The smallest absolute Gasteiger partial charge is 0.212 e. The topological polar surface area (TPSA) is 34.9 Å². The van der Waals surface area contributed by atoms with Gasteiger partial charge in [-0.1, -0.05) is 18.2 Å². The normalized spacial score (nSPS) is 11.1. The maximum Gasteiger partial charge on any atom is 0.212 e. The van der Waals surface area contributed by atoms with Gasteiger partial charge in [-0.15, -0.1) is 0 Å². The lowest BCUT2D eigenvalue weighted by molar-refractivity contribution is 0.102. The third kappa shape index (κ3) is 2.50. The standard InChI is InChI=1S/C15H17BrN2O/c1-9(2)18-14(13(16)8-17-18)15(19)12-7-5-6-10(3)11(12)4/h5-9H,1-4H3. The van der Waals surface area contributed by atoms with Crippen molar-refractivity contribution in [2.75, 3.05) is 0 Å². The number of rotatable bonds is 3. The SMILES string of the molecule is Cc1cccc(C(=O)c2c(Br)cnn2C(C)C)c1C. The van der Waals surface area contributed by atoms with E-state index >= 15 is 0 Å². The molecule has 0 radical (unpaired) electrons. The van der Waals surface area contributed by atoms with Crippen LogP contribution in [-0.4, -0.2) is 15.6 Å². The molecule has 2 rings (SSSR count). The number of aryl methyl sites for hydroxylation is 1. The van der Waals surface area contributed by atoms with Crippen LogP contribution in [0.15, 0.2) is 28.9 Å². The zero-order chi connectivity index (χ0) is 14.2. The largest absolute Gasteiger partial charge is 0.287 e. The van der Waals surface area contributed by atoms with E-state index in [1.54, 1.807) is 10.9 Å². The minimum absolute atomic E-state index is 0.0132. The van der Waals surface area contributed by atoms with Gasteiger partial charge in [-0.25, -0.2) is 0 Å². The zero-order valence-corrected chi connectivity index (χ0v) is 13.2. The molecule has 1 aromatic carbocycles. The van der Waals surface area contributed by atoms with Gasteiger partial charge in [-0.3, -0.25) is 9.48 Å². The molecule has 0 atom stereocenters. The number of ketones is 1. The highest BCUT2D eigenvalue weighted by molar-refractivity contribution is 9.10. The molecule has 0 aliphatic heterocycles. The minimum Gasteiger partial charge on any atom is -0.287 e. The average molecular weight is 321 g/mol. The van der Waals surface area contributed by atoms with Crippen LogP contribution in [-0.2, 0) is 0 Å². The molecule has 0 saturated heterocycles. The summed E-state index contributed by atoms with van der Waals surface area (Å²) in [7, 11) is 0. The Morgan fingerprint density at radius 3 is 2.63 bits per heavy atom. The molecule has 1 aromatic heterocycles. The Bertz CT molecular complexity index is 629. The number of carbonyl (C=O) groups excluding carboxylic acids is 1. The molecule has 4 heteroatoms. The van der Waals surface area contributed by atoms with Gasteiger partial charge in [0, 0.05) is 11.6 Å². The molecular formula is C15H17BrN2O. The first-order valence-corrected chi connectivity index (χ1v) is 7.06. The molecule has 0 unspecified atom stereocenters. The number of halogens is 1. The Balaban J connectivity index is 2.56. The van der Waals surface area contributed by atoms with Gasteiger partial charge in [0.15, 0.2) is 0 Å². The van der Waals surface area contributed by atoms with E-state index < -0.39 is 0 Å². The Hall–Kier alpha value is -1.42. The van der Waals surface area contributed by atoms with Gasteiger partial charge in [-0.05, 0) is 54.8 Å². The second-order valence-corrected chi connectivity index (χ2v) is 5.81. The molecule has 0 saturated carbocycles. The van der Waals surface area contributed by atoms with Crippen LogP contribution in [0.5, 0.6) is 0 Å². The predicted octanol–water partition coefficient (Wildman–Crippen LogP) is 4.07. The lowest BCUT2D eigenvalue weighted by Gasteiger charge is -2.12. The van der Waals surface area contributed by atoms with Crippen molar-refractivity contribution in [2.45, 2.75) is 33.7 Å². The first-order chi connectivity index (χ1) is 8.93. The van der Waals surface area contributed by atoms with E-state index in [9.17, 15) is 4.79 Å². The lowest BCUT2D eigenvalue weighted by atomic mass is 9.98. The third-order valence-corrected chi connectivity index (χ3v) is 3.88. The van der Waals surface area contributed by atoms with E-state index in [0.717, 1.165) is 21.2 Å². The predicted molar refractivity (Wildman–Crippen MR) is 79.7 cm³/mol. The highest BCUT2D eigenvalue weighted by Crippen LogP contribution is 2.24. The number of carbonyl (C=O) groups is 1. The quantitative estimate of drug-likeness (QED) is 0.799. The first-order valence-electron chi connectivity index (χ1n) is 6.27. The van der Waals surface area contributed by atoms with Crippen molar-refractivity contribution in [3.05, 3.63) is 51.3 Å². The van der Waals surface area contributed by atoms with E-state index in [1.807, 2.05) is 45.9 Å². The van der Waals surface area contributed by atoms with E-state index in [-0.39, 0.29) is 11.8 Å². The van der Waals surface area contributed by atoms with E-state index in [2.05, 4.69) is 21.0 Å². The Morgan fingerprint density at radius 2 is 2.00 bits per heavy atom. The van der Waals surface area contributed by atoms with Crippen molar-refractivity contribution in [1.82, 2.24) is 9.78 Å².